The number of nitriles is 1. The van der Waals surface area contributed by atoms with E-state index in [0.717, 1.165) is 31.2 Å². The number of rotatable bonds is 6. The number of amides is 1. The first-order valence-corrected chi connectivity index (χ1v) is 10.2. The molecule has 0 atom stereocenters. The van der Waals surface area contributed by atoms with Crippen LogP contribution in [0.5, 0.6) is 11.5 Å². The number of benzene rings is 2. The van der Waals surface area contributed by atoms with E-state index in [1.165, 1.54) is 13.2 Å². The molecular formula is C23H27N5O3. The Morgan fingerprint density at radius 2 is 1.97 bits per heavy atom. The number of nitrogens with one attached hydrogen (secondary N) is 2. The molecule has 31 heavy (non-hydrogen) atoms. The van der Waals surface area contributed by atoms with Gasteiger partial charge in [-0.25, -0.2) is 0 Å². The van der Waals surface area contributed by atoms with E-state index in [9.17, 15) is 9.90 Å². The van der Waals surface area contributed by atoms with Gasteiger partial charge in [-0.3, -0.25) is 4.79 Å². The fraction of sp³-hybridized carbons (Fsp3) is 0.348. The summed E-state index contributed by atoms with van der Waals surface area (Å²) in [4.78, 5) is 16.4. The van der Waals surface area contributed by atoms with Crippen molar-refractivity contribution in [2.75, 3.05) is 13.7 Å². The first kappa shape index (κ1) is 22.0. The summed E-state index contributed by atoms with van der Waals surface area (Å²) in [6.07, 6.45) is 4.93. The molecule has 1 fully saturated rings. The number of aromatic hydroxyl groups is 1. The summed E-state index contributed by atoms with van der Waals surface area (Å²) in [5.41, 5.74) is 6.74. The molecule has 0 spiro atoms. The molecule has 1 amide bonds. The highest BCUT2D eigenvalue weighted by Gasteiger charge is 2.37. The third-order valence-corrected chi connectivity index (χ3v) is 5.89. The fourth-order valence-electron chi connectivity index (χ4n) is 4.22. The lowest BCUT2D eigenvalue weighted by molar-refractivity contribution is 0.0929. The second kappa shape index (κ2) is 9.85. The molecule has 1 aliphatic carbocycles. The molecule has 8 nitrogen and oxygen atoms in total. The predicted molar refractivity (Wildman–Crippen MR) is 118 cm³/mol. The minimum absolute atomic E-state index is 0.114. The van der Waals surface area contributed by atoms with Gasteiger partial charge in [0.25, 0.3) is 5.91 Å². The number of phenols is 1. The smallest absolute Gasteiger partial charge is 0.258 e. The number of nitrogens with zero attached hydrogens (tertiary/aromatic N) is 2. The molecule has 162 valence electrons. The van der Waals surface area contributed by atoms with Crippen LogP contribution in [0.2, 0.25) is 0 Å². The van der Waals surface area contributed by atoms with E-state index in [2.05, 4.69) is 27.8 Å². The van der Waals surface area contributed by atoms with Gasteiger partial charge in [-0.05, 0) is 43.4 Å². The lowest BCUT2D eigenvalue weighted by Crippen LogP contribution is -2.48. The third kappa shape index (κ3) is 5.07. The average Bonchev–Trinajstić information content (AvgIpc) is 2.79. The SMILES string of the molecule is COc1cccc(O)c1C(=O)NC[C@]1(c2ccccc2)CC[C@H](N/C(N)=N/C#N)CC1. The molecule has 0 aliphatic heterocycles. The van der Waals surface area contributed by atoms with Crippen molar-refractivity contribution in [3.63, 3.8) is 0 Å². The van der Waals surface area contributed by atoms with Crippen LogP contribution in [-0.2, 0) is 5.41 Å². The van der Waals surface area contributed by atoms with Crippen LogP contribution in [-0.4, -0.2) is 36.7 Å². The molecule has 0 aromatic heterocycles. The molecule has 2 aromatic rings. The summed E-state index contributed by atoms with van der Waals surface area (Å²) >= 11 is 0. The summed E-state index contributed by atoms with van der Waals surface area (Å²) < 4.78 is 5.24. The van der Waals surface area contributed by atoms with Crippen LogP contribution in [0.4, 0.5) is 0 Å². The number of aliphatic imine (C=N–C) groups is 1. The van der Waals surface area contributed by atoms with E-state index in [0.29, 0.717) is 12.3 Å². The zero-order valence-corrected chi connectivity index (χ0v) is 17.5. The lowest BCUT2D eigenvalue weighted by Gasteiger charge is -2.41. The van der Waals surface area contributed by atoms with Gasteiger partial charge in [-0.1, -0.05) is 36.4 Å². The van der Waals surface area contributed by atoms with E-state index in [1.807, 2.05) is 18.2 Å². The van der Waals surface area contributed by atoms with E-state index in [1.54, 1.807) is 18.3 Å². The molecule has 0 unspecified atom stereocenters. The summed E-state index contributed by atoms with van der Waals surface area (Å²) in [6.45, 7) is 0.418. The number of methoxy groups -OCH3 is 1. The molecule has 3 rings (SSSR count). The van der Waals surface area contributed by atoms with Crippen molar-refractivity contribution in [1.29, 1.82) is 5.26 Å². The largest absolute Gasteiger partial charge is 0.507 e. The Hall–Kier alpha value is -3.73. The number of carbonyl (C=O) groups excluding carboxylic acids is 1. The molecule has 1 aliphatic rings. The summed E-state index contributed by atoms with van der Waals surface area (Å²) in [6, 6.07) is 15.0. The number of phenolic OH excluding ortho intramolecular Hbond substituents is 1. The Balaban J connectivity index is 1.77. The Kier molecular flexibility index (Phi) is 6.98. The van der Waals surface area contributed by atoms with Crippen molar-refractivity contribution in [2.45, 2.75) is 37.1 Å². The number of guanidine groups is 1. The van der Waals surface area contributed by atoms with Gasteiger partial charge in [0, 0.05) is 18.0 Å². The first-order valence-electron chi connectivity index (χ1n) is 10.2. The highest BCUT2D eigenvalue weighted by Crippen LogP contribution is 2.39. The number of ether oxygens (including phenoxy) is 1. The van der Waals surface area contributed by atoms with Crippen LogP contribution in [0.3, 0.4) is 0 Å². The van der Waals surface area contributed by atoms with Gasteiger partial charge >= 0.3 is 0 Å². The van der Waals surface area contributed by atoms with Gasteiger partial charge in [0.1, 0.15) is 17.1 Å². The van der Waals surface area contributed by atoms with Crippen molar-refractivity contribution in [3.8, 4) is 17.7 Å². The van der Waals surface area contributed by atoms with Gasteiger partial charge in [0.2, 0.25) is 12.2 Å². The maximum atomic E-state index is 12.9. The second-order valence-electron chi connectivity index (χ2n) is 7.70. The molecule has 0 radical (unpaired) electrons. The summed E-state index contributed by atoms with van der Waals surface area (Å²) in [7, 11) is 1.46. The predicted octanol–water partition coefficient (Wildman–Crippen LogP) is 2.40. The Morgan fingerprint density at radius 1 is 1.26 bits per heavy atom. The summed E-state index contributed by atoms with van der Waals surface area (Å²) in [5.74, 6) is -0.0484. The van der Waals surface area contributed by atoms with Crippen LogP contribution in [0.15, 0.2) is 53.5 Å². The zero-order chi connectivity index (χ0) is 22.3. The Bertz CT molecular complexity index is 976. The zero-order valence-electron chi connectivity index (χ0n) is 17.5. The molecule has 0 heterocycles. The molecule has 0 bridgehead atoms. The number of nitrogens with two attached hydrogens (primary N) is 1. The van der Waals surface area contributed by atoms with E-state index < -0.39 is 0 Å². The van der Waals surface area contributed by atoms with Crippen LogP contribution in [0, 0.1) is 11.5 Å². The summed E-state index contributed by atoms with van der Waals surface area (Å²) in [5, 5.41) is 24.9. The standard InChI is InChI=1S/C23H27N5O3/c1-31-19-9-5-8-18(29)20(19)21(30)26-14-23(16-6-3-2-4-7-16)12-10-17(11-13-23)28-22(25)27-15-24/h2-9,17,29H,10-14H2,1H3,(H,26,30)(H3,25,27,28)/t17-,23-. The average molecular weight is 422 g/mol. The van der Waals surface area contributed by atoms with E-state index >= 15 is 0 Å². The van der Waals surface area contributed by atoms with Crippen LogP contribution in [0.25, 0.3) is 0 Å². The van der Waals surface area contributed by atoms with Crippen molar-refractivity contribution in [1.82, 2.24) is 10.6 Å². The minimum atomic E-state index is -0.379. The fourth-order valence-corrected chi connectivity index (χ4v) is 4.22. The van der Waals surface area contributed by atoms with Crippen molar-refractivity contribution < 1.29 is 14.6 Å². The van der Waals surface area contributed by atoms with Crippen molar-refractivity contribution in [2.24, 2.45) is 10.7 Å². The van der Waals surface area contributed by atoms with E-state index in [-0.39, 0.29) is 34.6 Å². The molecule has 8 heteroatoms. The van der Waals surface area contributed by atoms with E-state index in [4.69, 9.17) is 15.7 Å². The Morgan fingerprint density at radius 3 is 2.61 bits per heavy atom. The molecular weight excluding hydrogens is 394 g/mol. The number of hydrogen-bond donors (Lipinski definition) is 4. The minimum Gasteiger partial charge on any atom is -0.507 e. The highest BCUT2D eigenvalue weighted by atomic mass is 16.5. The molecule has 1 saturated carbocycles. The van der Waals surface area contributed by atoms with Gasteiger partial charge in [0.15, 0.2) is 0 Å². The van der Waals surface area contributed by atoms with Gasteiger partial charge in [-0.15, -0.1) is 4.99 Å². The normalized spacial score (nSPS) is 21.0. The Labute approximate surface area is 181 Å². The maximum absolute atomic E-state index is 12.9. The number of carbonyl (C=O) groups is 1. The highest BCUT2D eigenvalue weighted by molar-refractivity contribution is 5.99. The quantitative estimate of drug-likeness (QED) is 0.322. The topological polar surface area (TPSA) is 133 Å². The van der Waals surface area contributed by atoms with Crippen LogP contribution < -0.4 is 21.1 Å². The third-order valence-electron chi connectivity index (χ3n) is 5.89. The number of hydrogen-bond acceptors (Lipinski definition) is 5. The lowest BCUT2D eigenvalue weighted by atomic mass is 9.68. The molecule has 5 N–H and O–H groups in total. The molecule has 0 saturated heterocycles. The monoisotopic (exact) mass is 421 g/mol. The first-order chi connectivity index (χ1) is 15.0. The van der Waals surface area contributed by atoms with Gasteiger partial charge in [-0.2, -0.15) is 5.26 Å². The van der Waals surface area contributed by atoms with Gasteiger partial charge < -0.3 is 26.2 Å². The second-order valence-corrected chi connectivity index (χ2v) is 7.70. The molecule has 2 aromatic carbocycles. The van der Waals surface area contributed by atoms with Crippen LogP contribution >= 0.6 is 0 Å². The van der Waals surface area contributed by atoms with Crippen LogP contribution in [0.1, 0.15) is 41.6 Å². The van der Waals surface area contributed by atoms with Gasteiger partial charge in [0.05, 0.1) is 7.11 Å². The maximum Gasteiger partial charge on any atom is 0.258 e. The van der Waals surface area contributed by atoms with Crippen molar-refractivity contribution in [3.05, 3.63) is 59.7 Å². The van der Waals surface area contributed by atoms with Crippen molar-refractivity contribution >= 4 is 11.9 Å².